The lowest BCUT2D eigenvalue weighted by Crippen LogP contribution is -2.35. The number of likely N-dealkylation sites (N-methyl/N-ethyl adjacent to an activating group) is 2. The summed E-state index contributed by atoms with van der Waals surface area (Å²) >= 11 is 1.37. The molecule has 0 radical (unpaired) electrons. The molecule has 0 bridgehead atoms. The van der Waals surface area contributed by atoms with Gasteiger partial charge in [0.15, 0.2) is 0 Å². The van der Waals surface area contributed by atoms with Crippen molar-refractivity contribution in [1.29, 1.82) is 0 Å². The summed E-state index contributed by atoms with van der Waals surface area (Å²) in [4.78, 5) is 33.9. The van der Waals surface area contributed by atoms with Gasteiger partial charge < -0.3 is 14.4 Å². The zero-order chi connectivity index (χ0) is 20.8. The fraction of sp³-hybridized carbons (Fsp3) is 0.381. The first-order valence-corrected chi connectivity index (χ1v) is 10.7. The van der Waals surface area contributed by atoms with Crippen LogP contribution in [0.2, 0.25) is 0 Å². The number of benzene rings is 1. The van der Waals surface area contributed by atoms with Crippen molar-refractivity contribution in [2.75, 3.05) is 38.5 Å². The number of rotatable bonds is 9. The van der Waals surface area contributed by atoms with Gasteiger partial charge in [-0.3, -0.25) is 14.9 Å². The fourth-order valence-electron chi connectivity index (χ4n) is 3.22. The number of hydrogen-bond donors (Lipinski definition) is 1. The lowest BCUT2D eigenvalue weighted by Gasteiger charge is -2.20. The van der Waals surface area contributed by atoms with E-state index in [0.717, 1.165) is 37.2 Å². The van der Waals surface area contributed by atoms with Crippen LogP contribution in [0.15, 0.2) is 41.8 Å². The molecule has 2 amide bonds. The summed E-state index contributed by atoms with van der Waals surface area (Å²) in [6.45, 7) is 7.78. The number of anilines is 1. The Kier molecular flexibility index (Phi) is 7.00. The second kappa shape index (κ2) is 9.67. The molecule has 0 saturated carbocycles. The van der Waals surface area contributed by atoms with E-state index < -0.39 is 0 Å². The van der Waals surface area contributed by atoms with Crippen LogP contribution in [0.3, 0.4) is 0 Å². The third kappa shape index (κ3) is 5.02. The van der Waals surface area contributed by atoms with E-state index in [-0.39, 0.29) is 18.4 Å². The van der Waals surface area contributed by atoms with Gasteiger partial charge >= 0.3 is 0 Å². The normalized spacial score (nSPS) is 11.2. The van der Waals surface area contributed by atoms with E-state index in [2.05, 4.69) is 29.0 Å². The average molecular weight is 414 g/mol. The van der Waals surface area contributed by atoms with Crippen LogP contribution in [0.4, 0.5) is 5.95 Å². The molecular weight excluding hydrogens is 386 g/mol. The van der Waals surface area contributed by atoms with Crippen molar-refractivity contribution in [2.45, 2.75) is 20.4 Å². The van der Waals surface area contributed by atoms with Crippen LogP contribution in [-0.2, 0) is 11.3 Å². The molecule has 2 heterocycles. The standard InChI is InChI=1S/C21H27N5O2S/c1-4-25(5-2)12-13-26-17-10-7-6-9-16(17)22-21(26)23-19(27)15-24(3)20(28)18-11-8-14-29-18/h6-11,14H,4-5,12-13,15H2,1-3H3,(H,22,23,27). The van der Waals surface area contributed by atoms with E-state index in [0.29, 0.717) is 10.8 Å². The minimum atomic E-state index is -0.267. The molecule has 3 aromatic rings. The Labute approximate surface area is 174 Å². The van der Waals surface area contributed by atoms with E-state index in [4.69, 9.17) is 0 Å². The predicted octanol–water partition coefficient (Wildman–Crippen LogP) is 3.15. The molecule has 0 aliphatic heterocycles. The Balaban J connectivity index is 1.73. The maximum Gasteiger partial charge on any atom is 0.264 e. The third-order valence-corrected chi connectivity index (χ3v) is 5.76. The van der Waals surface area contributed by atoms with Gasteiger partial charge in [-0.15, -0.1) is 11.3 Å². The Bertz CT molecular complexity index is 963. The monoisotopic (exact) mass is 413 g/mol. The second-order valence-corrected chi connectivity index (χ2v) is 7.74. The topological polar surface area (TPSA) is 70.5 Å². The Hall–Kier alpha value is -2.71. The molecule has 0 saturated heterocycles. The summed E-state index contributed by atoms with van der Waals surface area (Å²) in [6.07, 6.45) is 0. The first-order chi connectivity index (χ1) is 14.0. The lowest BCUT2D eigenvalue weighted by molar-refractivity contribution is -0.116. The molecule has 0 aliphatic rings. The predicted molar refractivity (Wildman–Crippen MR) is 117 cm³/mol. The smallest absolute Gasteiger partial charge is 0.264 e. The summed E-state index contributed by atoms with van der Waals surface area (Å²) < 4.78 is 2.03. The number of para-hydroxylation sites is 2. The van der Waals surface area contributed by atoms with Gasteiger partial charge in [0, 0.05) is 20.1 Å². The maximum atomic E-state index is 12.6. The van der Waals surface area contributed by atoms with E-state index >= 15 is 0 Å². The molecule has 0 fully saturated rings. The molecule has 2 aromatic heterocycles. The van der Waals surface area contributed by atoms with Crippen LogP contribution < -0.4 is 5.32 Å². The first kappa shape index (κ1) is 21.0. The molecule has 1 aromatic carbocycles. The SMILES string of the molecule is CCN(CC)CCn1c(NC(=O)CN(C)C(=O)c2cccs2)nc2ccccc21. The number of carbonyl (C=O) groups is 2. The number of hydrogen-bond acceptors (Lipinski definition) is 5. The number of nitrogens with zero attached hydrogens (tertiary/aromatic N) is 4. The van der Waals surface area contributed by atoms with Crippen molar-refractivity contribution in [3.63, 3.8) is 0 Å². The molecule has 8 heteroatoms. The quantitative estimate of drug-likeness (QED) is 0.585. The van der Waals surface area contributed by atoms with Crippen molar-refractivity contribution < 1.29 is 9.59 Å². The zero-order valence-electron chi connectivity index (χ0n) is 17.1. The minimum absolute atomic E-state index is 0.0318. The van der Waals surface area contributed by atoms with Crippen molar-refractivity contribution in [3.05, 3.63) is 46.7 Å². The number of carbonyl (C=O) groups excluding carboxylic acids is 2. The molecular formula is C21H27N5O2S. The highest BCUT2D eigenvalue weighted by Gasteiger charge is 2.18. The third-order valence-electron chi connectivity index (χ3n) is 4.90. The first-order valence-electron chi connectivity index (χ1n) is 9.79. The van der Waals surface area contributed by atoms with Crippen molar-refractivity contribution >= 4 is 40.1 Å². The fourth-order valence-corrected chi connectivity index (χ4v) is 3.94. The summed E-state index contributed by atoms with van der Waals surface area (Å²) in [5.74, 6) is 0.0855. The Morgan fingerprint density at radius 3 is 2.59 bits per heavy atom. The molecule has 0 atom stereocenters. The van der Waals surface area contributed by atoms with Gasteiger partial charge in [-0.2, -0.15) is 0 Å². The van der Waals surface area contributed by atoms with E-state index in [1.165, 1.54) is 16.2 Å². The van der Waals surface area contributed by atoms with Gasteiger partial charge in [0.1, 0.15) is 0 Å². The molecule has 29 heavy (non-hydrogen) atoms. The summed E-state index contributed by atoms with van der Waals surface area (Å²) in [7, 11) is 1.63. The summed E-state index contributed by atoms with van der Waals surface area (Å²) in [5, 5.41) is 4.74. The molecule has 0 aliphatic carbocycles. The van der Waals surface area contributed by atoms with Gasteiger partial charge in [0.05, 0.1) is 22.5 Å². The van der Waals surface area contributed by atoms with Crippen LogP contribution in [0.1, 0.15) is 23.5 Å². The molecule has 1 N–H and O–H groups in total. The largest absolute Gasteiger partial charge is 0.332 e. The van der Waals surface area contributed by atoms with Crippen molar-refractivity contribution in [1.82, 2.24) is 19.4 Å². The lowest BCUT2D eigenvalue weighted by atomic mass is 10.3. The minimum Gasteiger partial charge on any atom is -0.332 e. The average Bonchev–Trinajstić information content (AvgIpc) is 3.36. The van der Waals surface area contributed by atoms with Crippen LogP contribution in [0, 0.1) is 0 Å². The highest BCUT2D eigenvalue weighted by molar-refractivity contribution is 7.12. The zero-order valence-corrected chi connectivity index (χ0v) is 17.9. The molecule has 154 valence electrons. The molecule has 7 nitrogen and oxygen atoms in total. The van der Waals surface area contributed by atoms with Gasteiger partial charge in [0.25, 0.3) is 5.91 Å². The van der Waals surface area contributed by atoms with Crippen LogP contribution in [0.5, 0.6) is 0 Å². The van der Waals surface area contributed by atoms with Crippen LogP contribution >= 0.6 is 11.3 Å². The van der Waals surface area contributed by atoms with Gasteiger partial charge in [-0.1, -0.05) is 32.0 Å². The second-order valence-electron chi connectivity index (χ2n) is 6.79. The highest BCUT2D eigenvalue weighted by atomic mass is 32.1. The van der Waals surface area contributed by atoms with E-state index in [9.17, 15) is 9.59 Å². The Morgan fingerprint density at radius 1 is 1.14 bits per heavy atom. The molecule has 3 rings (SSSR count). The number of thiophene rings is 1. The molecule has 0 spiro atoms. The van der Waals surface area contributed by atoms with E-state index in [1.54, 1.807) is 13.1 Å². The van der Waals surface area contributed by atoms with Crippen LogP contribution in [0.25, 0.3) is 11.0 Å². The number of imidazole rings is 1. The summed E-state index contributed by atoms with van der Waals surface area (Å²) in [6, 6.07) is 11.4. The van der Waals surface area contributed by atoms with Crippen molar-refractivity contribution in [2.24, 2.45) is 0 Å². The highest BCUT2D eigenvalue weighted by Crippen LogP contribution is 2.20. The molecule has 0 unspecified atom stereocenters. The number of aromatic nitrogens is 2. The maximum absolute atomic E-state index is 12.6. The number of fused-ring (bicyclic) bond motifs is 1. The van der Waals surface area contributed by atoms with Gasteiger partial charge in [-0.25, -0.2) is 4.98 Å². The van der Waals surface area contributed by atoms with E-state index in [1.807, 2.05) is 40.3 Å². The number of nitrogens with one attached hydrogen (secondary N) is 1. The van der Waals surface area contributed by atoms with Gasteiger partial charge in [-0.05, 0) is 36.7 Å². The number of amides is 2. The van der Waals surface area contributed by atoms with Crippen LogP contribution in [-0.4, -0.2) is 64.4 Å². The van der Waals surface area contributed by atoms with Crippen molar-refractivity contribution in [3.8, 4) is 0 Å². The van der Waals surface area contributed by atoms with Gasteiger partial charge in [0.2, 0.25) is 11.9 Å². The Morgan fingerprint density at radius 2 is 1.90 bits per heavy atom. The summed E-state index contributed by atoms with van der Waals surface area (Å²) in [5.41, 5.74) is 1.82.